The first-order valence-corrected chi connectivity index (χ1v) is 9.84. The van der Waals surface area contributed by atoms with Gasteiger partial charge in [-0.1, -0.05) is 15.9 Å². The molecule has 1 N–H and O–H groups in total. The standard InChI is InChI=1S/C21H24BrNO4/c1-14-10-16(22)11-15(2)21(14)27-13-20(24)23-17-5-7-18(8-6-17)26-12-19-4-3-9-25-19/h5-8,10-11,19H,3-4,9,12-13H2,1-2H3,(H,23,24). The molecule has 1 heterocycles. The van der Waals surface area contributed by atoms with Crippen molar-refractivity contribution in [2.75, 3.05) is 25.1 Å². The maximum Gasteiger partial charge on any atom is 0.262 e. The average Bonchev–Trinajstić information content (AvgIpc) is 3.14. The van der Waals surface area contributed by atoms with Gasteiger partial charge in [-0.25, -0.2) is 0 Å². The van der Waals surface area contributed by atoms with Gasteiger partial charge in [0.25, 0.3) is 5.91 Å². The largest absolute Gasteiger partial charge is 0.491 e. The van der Waals surface area contributed by atoms with Crippen molar-refractivity contribution in [2.24, 2.45) is 0 Å². The highest BCUT2D eigenvalue weighted by Crippen LogP contribution is 2.27. The molecule has 5 nitrogen and oxygen atoms in total. The Morgan fingerprint density at radius 2 is 1.89 bits per heavy atom. The van der Waals surface area contributed by atoms with Gasteiger partial charge in [-0.2, -0.15) is 0 Å². The second-order valence-electron chi connectivity index (χ2n) is 6.68. The van der Waals surface area contributed by atoms with E-state index in [0.29, 0.717) is 12.3 Å². The first kappa shape index (κ1) is 19.7. The first-order chi connectivity index (χ1) is 13.0. The second-order valence-corrected chi connectivity index (χ2v) is 7.59. The fraction of sp³-hybridized carbons (Fsp3) is 0.381. The Labute approximate surface area is 168 Å². The molecule has 1 unspecified atom stereocenters. The van der Waals surface area contributed by atoms with Gasteiger partial charge in [-0.05, 0) is 74.2 Å². The molecule has 2 aromatic rings. The molecule has 0 bridgehead atoms. The van der Waals surface area contributed by atoms with Crippen LogP contribution < -0.4 is 14.8 Å². The van der Waals surface area contributed by atoms with Gasteiger partial charge in [0.2, 0.25) is 0 Å². The number of aryl methyl sites for hydroxylation is 2. The second kappa shape index (κ2) is 9.24. The highest BCUT2D eigenvalue weighted by Gasteiger charge is 2.16. The molecule has 0 aromatic heterocycles. The van der Waals surface area contributed by atoms with Gasteiger partial charge in [0.1, 0.15) is 18.1 Å². The lowest BCUT2D eigenvalue weighted by molar-refractivity contribution is -0.118. The summed E-state index contributed by atoms with van der Waals surface area (Å²) >= 11 is 3.46. The highest BCUT2D eigenvalue weighted by atomic mass is 79.9. The van der Waals surface area contributed by atoms with Gasteiger partial charge in [0, 0.05) is 16.8 Å². The number of carbonyl (C=O) groups is 1. The van der Waals surface area contributed by atoms with Gasteiger partial charge in [0.05, 0.1) is 6.10 Å². The number of halogens is 1. The Hall–Kier alpha value is -2.05. The lowest BCUT2D eigenvalue weighted by Crippen LogP contribution is -2.20. The quantitative estimate of drug-likeness (QED) is 0.690. The zero-order valence-corrected chi connectivity index (χ0v) is 17.2. The van der Waals surface area contributed by atoms with Gasteiger partial charge >= 0.3 is 0 Å². The van der Waals surface area contributed by atoms with E-state index in [1.54, 1.807) is 0 Å². The smallest absolute Gasteiger partial charge is 0.262 e. The van der Waals surface area contributed by atoms with E-state index in [9.17, 15) is 4.79 Å². The Morgan fingerprint density at radius 1 is 1.19 bits per heavy atom. The Morgan fingerprint density at radius 3 is 2.52 bits per heavy atom. The normalized spacial score (nSPS) is 16.2. The predicted octanol–water partition coefficient (Wildman–Crippen LogP) is 4.64. The third-order valence-corrected chi connectivity index (χ3v) is 4.83. The van der Waals surface area contributed by atoms with E-state index in [-0.39, 0.29) is 18.6 Å². The summed E-state index contributed by atoms with van der Waals surface area (Å²) in [7, 11) is 0. The minimum absolute atomic E-state index is 0.0411. The summed E-state index contributed by atoms with van der Waals surface area (Å²) in [6.07, 6.45) is 2.33. The molecule has 1 fully saturated rings. The zero-order chi connectivity index (χ0) is 19.2. The topological polar surface area (TPSA) is 56.8 Å². The summed E-state index contributed by atoms with van der Waals surface area (Å²) in [6.45, 7) is 5.26. The van der Waals surface area contributed by atoms with Crippen LogP contribution in [-0.4, -0.2) is 31.8 Å². The molecule has 1 aliphatic heterocycles. The minimum atomic E-state index is -0.204. The number of carbonyl (C=O) groups excluding carboxylic acids is 1. The number of amides is 1. The van der Waals surface area contributed by atoms with Crippen LogP contribution in [0.2, 0.25) is 0 Å². The van der Waals surface area contributed by atoms with Crippen LogP contribution in [0.5, 0.6) is 11.5 Å². The van der Waals surface area contributed by atoms with Crippen molar-refractivity contribution in [2.45, 2.75) is 32.8 Å². The highest BCUT2D eigenvalue weighted by molar-refractivity contribution is 9.10. The molecule has 6 heteroatoms. The fourth-order valence-electron chi connectivity index (χ4n) is 3.06. The number of hydrogen-bond donors (Lipinski definition) is 1. The van der Waals surface area contributed by atoms with E-state index in [1.165, 1.54) is 0 Å². The fourth-order valence-corrected chi connectivity index (χ4v) is 3.75. The summed E-state index contributed by atoms with van der Waals surface area (Å²) in [5.41, 5.74) is 2.68. The zero-order valence-electron chi connectivity index (χ0n) is 15.6. The van der Waals surface area contributed by atoms with Crippen LogP contribution in [0.1, 0.15) is 24.0 Å². The predicted molar refractivity (Wildman–Crippen MR) is 109 cm³/mol. The number of anilines is 1. The van der Waals surface area contributed by atoms with Crippen LogP contribution in [0.3, 0.4) is 0 Å². The summed E-state index contributed by atoms with van der Waals surface area (Å²) < 4.78 is 18.0. The molecular formula is C21H24BrNO4. The van der Waals surface area contributed by atoms with Gasteiger partial charge < -0.3 is 19.5 Å². The van der Waals surface area contributed by atoms with Crippen LogP contribution in [0.4, 0.5) is 5.69 Å². The number of hydrogen-bond acceptors (Lipinski definition) is 4. The van der Waals surface area contributed by atoms with Crippen molar-refractivity contribution in [3.8, 4) is 11.5 Å². The Kier molecular flexibility index (Phi) is 6.74. The SMILES string of the molecule is Cc1cc(Br)cc(C)c1OCC(=O)Nc1ccc(OCC2CCCO2)cc1. The van der Waals surface area contributed by atoms with Crippen LogP contribution >= 0.6 is 15.9 Å². The van der Waals surface area contributed by atoms with Crippen molar-refractivity contribution < 1.29 is 19.0 Å². The summed E-state index contributed by atoms with van der Waals surface area (Å²) in [5.74, 6) is 1.30. The number of benzene rings is 2. The summed E-state index contributed by atoms with van der Waals surface area (Å²) in [5, 5.41) is 2.83. The minimum Gasteiger partial charge on any atom is -0.491 e. The number of ether oxygens (including phenoxy) is 3. The molecule has 2 aromatic carbocycles. The molecular weight excluding hydrogens is 410 g/mol. The molecule has 1 saturated heterocycles. The van der Waals surface area contributed by atoms with Gasteiger partial charge in [0.15, 0.2) is 6.61 Å². The molecule has 1 amide bonds. The van der Waals surface area contributed by atoms with E-state index in [2.05, 4.69) is 21.2 Å². The monoisotopic (exact) mass is 433 g/mol. The third-order valence-electron chi connectivity index (χ3n) is 4.37. The molecule has 3 rings (SSSR count). The average molecular weight is 434 g/mol. The number of rotatable bonds is 7. The molecule has 1 aliphatic rings. The summed E-state index contributed by atoms with van der Waals surface area (Å²) in [4.78, 5) is 12.2. The third kappa shape index (κ3) is 5.71. The number of nitrogens with one attached hydrogen (secondary N) is 1. The molecule has 0 radical (unpaired) electrons. The van der Waals surface area contributed by atoms with Crippen LogP contribution in [0.15, 0.2) is 40.9 Å². The van der Waals surface area contributed by atoms with E-state index in [1.807, 2.05) is 50.2 Å². The Bertz CT molecular complexity index is 762. The van der Waals surface area contributed by atoms with Crippen LogP contribution in [-0.2, 0) is 9.53 Å². The first-order valence-electron chi connectivity index (χ1n) is 9.05. The van der Waals surface area contributed by atoms with Crippen molar-refractivity contribution in [1.82, 2.24) is 0 Å². The molecule has 0 aliphatic carbocycles. The van der Waals surface area contributed by atoms with E-state index in [0.717, 1.165) is 46.5 Å². The van der Waals surface area contributed by atoms with Crippen molar-refractivity contribution in [3.05, 3.63) is 52.0 Å². The molecule has 1 atom stereocenters. The van der Waals surface area contributed by atoms with Crippen LogP contribution in [0.25, 0.3) is 0 Å². The van der Waals surface area contributed by atoms with Gasteiger partial charge in [-0.3, -0.25) is 4.79 Å². The lowest BCUT2D eigenvalue weighted by Gasteiger charge is -2.13. The molecule has 0 spiro atoms. The maximum atomic E-state index is 12.2. The Balaban J connectivity index is 1.47. The maximum absolute atomic E-state index is 12.2. The van der Waals surface area contributed by atoms with Crippen molar-refractivity contribution >= 4 is 27.5 Å². The van der Waals surface area contributed by atoms with Gasteiger partial charge in [-0.15, -0.1) is 0 Å². The van der Waals surface area contributed by atoms with Crippen LogP contribution in [0, 0.1) is 13.8 Å². The lowest BCUT2D eigenvalue weighted by atomic mass is 10.1. The van der Waals surface area contributed by atoms with Crippen molar-refractivity contribution in [1.29, 1.82) is 0 Å². The molecule has 0 saturated carbocycles. The van der Waals surface area contributed by atoms with E-state index in [4.69, 9.17) is 14.2 Å². The van der Waals surface area contributed by atoms with Crippen molar-refractivity contribution in [3.63, 3.8) is 0 Å². The summed E-state index contributed by atoms with van der Waals surface area (Å²) in [6, 6.07) is 11.3. The molecule has 27 heavy (non-hydrogen) atoms. The van der Waals surface area contributed by atoms with E-state index >= 15 is 0 Å². The molecule has 144 valence electrons. The van der Waals surface area contributed by atoms with E-state index < -0.39 is 0 Å².